The van der Waals surface area contributed by atoms with Crippen LogP contribution in [0.4, 0.5) is 0 Å². The van der Waals surface area contributed by atoms with E-state index < -0.39 is 0 Å². The van der Waals surface area contributed by atoms with E-state index >= 15 is 0 Å². The lowest BCUT2D eigenvalue weighted by Gasteiger charge is -2.07. The average Bonchev–Trinajstić information content (AvgIpc) is 2.01. The maximum absolute atomic E-state index is 3.84. The first-order valence-electron chi connectivity index (χ1n) is 4.04. The van der Waals surface area contributed by atoms with Crippen molar-refractivity contribution in [2.45, 2.75) is 13.3 Å². The van der Waals surface area contributed by atoms with Crippen LogP contribution in [-0.4, -0.2) is 19.6 Å². The molecule has 0 saturated heterocycles. The van der Waals surface area contributed by atoms with Crippen molar-refractivity contribution in [1.29, 1.82) is 0 Å². The molecule has 0 unspecified atom stereocenters. The molecule has 0 atom stereocenters. The highest BCUT2D eigenvalue weighted by Crippen LogP contribution is 1.80. The molecule has 2 nitrogen and oxygen atoms in total. The number of nitrogens with one attached hydrogen (secondary N) is 2. The SMILES string of the molecule is C=CCNC(=C)CNCCC. The monoisotopic (exact) mass is 154 g/mol. The van der Waals surface area contributed by atoms with Gasteiger partial charge in [-0.2, -0.15) is 0 Å². The number of hydrogen-bond donors (Lipinski definition) is 2. The third-order valence-electron chi connectivity index (χ3n) is 1.26. The summed E-state index contributed by atoms with van der Waals surface area (Å²) in [5.74, 6) is 0. The van der Waals surface area contributed by atoms with Crippen molar-refractivity contribution in [3.63, 3.8) is 0 Å². The Labute approximate surface area is 69.4 Å². The molecule has 0 aliphatic heterocycles. The normalized spacial score (nSPS) is 9.18. The second kappa shape index (κ2) is 7.35. The summed E-state index contributed by atoms with van der Waals surface area (Å²) in [6.07, 6.45) is 2.99. The fraction of sp³-hybridized carbons (Fsp3) is 0.556. The second-order valence-corrected chi connectivity index (χ2v) is 2.45. The third-order valence-corrected chi connectivity index (χ3v) is 1.26. The first-order chi connectivity index (χ1) is 5.31. The van der Waals surface area contributed by atoms with Crippen molar-refractivity contribution >= 4 is 0 Å². The van der Waals surface area contributed by atoms with E-state index in [9.17, 15) is 0 Å². The topological polar surface area (TPSA) is 24.1 Å². The van der Waals surface area contributed by atoms with Crippen molar-refractivity contribution < 1.29 is 0 Å². The summed E-state index contributed by atoms with van der Waals surface area (Å²) >= 11 is 0. The predicted molar refractivity (Wildman–Crippen MR) is 50.5 cm³/mol. The van der Waals surface area contributed by atoms with Crippen molar-refractivity contribution in [1.82, 2.24) is 10.6 Å². The van der Waals surface area contributed by atoms with Gasteiger partial charge in [-0.3, -0.25) is 0 Å². The van der Waals surface area contributed by atoms with Gasteiger partial charge in [-0.25, -0.2) is 0 Å². The van der Waals surface area contributed by atoms with E-state index in [1.807, 2.05) is 6.08 Å². The predicted octanol–water partition coefficient (Wildman–Crippen LogP) is 1.28. The van der Waals surface area contributed by atoms with Gasteiger partial charge in [0.25, 0.3) is 0 Å². The van der Waals surface area contributed by atoms with Crippen LogP contribution in [0.25, 0.3) is 0 Å². The molecule has 2 heteroatoms. The number of rotatable bonds is 7. The maximum atomic E-state index is 3.84. The minimum atomic E-state index is 0.798. The maximum Gasteiger partial charge on any atom is 0.0348 e. The molecule has 64 valence electrons. The van der Waals surface area contributed by atoms with Gasteiger partial charge >= 0.3 is 0 Å². The largest absolute Gasteiger partial charge is 0.384 e. The molecule has 0 heterocycles. The summed E-state index contributed by atoms with van der Waals surface area (Å²) in [5, 5.41) is 6.36. The lowest BCUT2D eigenvalue weighted by atomic mass is 10.4. The summed E-state index contributed by atoms with van der Waals surface area (Å²) in [5.41, 5.74) is 1.03. The van der Waals surface area contributed by atoms with Gasteiger partial charge in [0.2, 0.25) is 0 Å². The van der Waals surface area contributed by atoms with Crippen molar-refractivity contribution in [2.24, 2.45) is 0 Å². The van der Waals surface area contributed by atoms with Crippen LogP contribution in [0.2, 0.25) is 0 Å². The lowest BCUT2D eigenvalue weighted by Crippen LogP contribution is -2.25. The summed E-state index contributed by atoms with van der Waals surface area (Å²) in [6, 6.07) is 0. The molecule has 0 rings (SSSR count). The Morgan fingerprint density at radius 1 is 1.55 bits per heavy atom. The Hall–Kier alpha value is -0.760. The van der Waals surface area contributed by atoms with E-state index in [-0.39, 0.29) is 0 Å². The smallest absolute Gasteiger partial charge is 0.0348 e. The minimum Gasteiger partial charge on any atom is -0.384 e. The van der Waals surface area contributed by atoms with E-state index in [0.717, 1.165) is 31.8 Å². The van der Waals surface area contributed by atoms with Crippen LogP contribution in [0.3, 0.4) is 0 Å². The van der Waals surface area contributed by atoms with Crippen molar-refractivity contribution in [3.05, 3.63) is 24.9 Å². The third kappa shape index (κ3) is 7.13. The molecule has 11 heavy (non-hydrogen) atoms. The van der Waals surface area contributed by atoms with Gasteiger partial charge < -0.3 is 10.6 Å². The zero-order chi connectivity index (χ0) is 8.53. The fourth-order valence-electron chi connectivity index (χ4n) is 0.695. The standard InChI is InChI=1S/C9H18N2/c1-4-6-10-8-9(3)11-7-5-2/h5,10-11H,2-4,6-8H2,1H3. The van der Waals surface area contributed by atoms with Gasteiger partial charge in [-0.1, -0.05) is 19.6 Å². The summed E-state index contributed by atoms with van der Waals surface area (Å²) in [7, 11) is 0. The zero-order valence-corrected chi connectivity index (χ0v) is 7.32. The first-order valence-corrected chi connectivity index (χ1v) is 4.04. The van der Waals surface area contributed by atoms with Gasteiger partial charge in [0, 0.05) is 18.8 Å². The average molecular weight is 154 g/mol. The second-order valence-electron chi connectivity index (χ2n) is 2.45. The molecule has 0 aromatic rings. The summed E-state index contributed by atoms with van der Waals surface area (Å²) < 4.78 is 0. The first kappa shape index (κ1) is 10.2. The van der Waals surface area contributed by atoms with Crippen molar-refractivity contribution in [2.75, 3.05) is 19.6 Å². The molecule has 0 bridgehead atoms. The van der Waals surface area contributed by atoms with Crippen LogP contribution < -0.4 is 10.6 Å². The zero-order valence-electron chi connectivity index (χ0n) is 7.32. The molecule has 0 radical (unpaired) electrons. The van der Waals surface area contributed by atoms with Crippen LogP contribution in [-0.2, 0) is 0 Å². The molecule has 0 amide bonds. The van der Waals surface area contributed by atoms with Gasteiger partial charge in [0.05, 0.1) is 0 Å². The summed E-state index contributed by atoms with van der Waals surface area (Å²) in [4.78, 5) is 0. The van der Waals surface area contributed by atoms with Crippen LogP contribution >= 0.6 is 0 Å². The molecule has 0 spiro atoms. The molecule has 0 aliphatic rings. The van der Waals surface area contributed by atoms with Gasteiger partial charge in [-0.05, 0) is 13.0 Å². The molecule has 2 N–H and O–H groups in total. The molecule has 0 saturated carbocycles. The Morgan fingerprint density at radius 3 is 2.82 bits per heavy atom. The highest BCUT2D eigenvalue weighted by molar-refractivity contribution is 4.95. The van der Waals surface area contributed by atoms with Crippen molar-refractivity contribution in [3.8, 4) is 0 Å². The number of hydrogen-bond acceptors (Lipinski definition) is 2. The molecule has 0 aromatic carbocycles. The molecular formula is C9H18N2. The Kier molecular flexibility index (Phi) is 6.84. The highest BCUT2D eigenvalue weighted by Gasteiger charge is 1.88. The highest BCUT2D eigenvalue weighted by atomic mass is 14.9. The Balaban J connectivity index is 3.15. The van der Waals surface area contributed by atoms with E-state index in [2.05, 4.69) is 30.7 Å². The van der Waals surface area contributed by atoms with Crippen LogP contribution in [0.15, 0.2) is 24.9 Å². The fourth-order valence-corrected chi connectivity index (χ4v) is 0.695. The lowest BCUT2D eigenvalue weighted by molar-refractivity contribution is 0.686. The van der Waals surface area contributed by atoms with Gasteiger partial charge in [0.1, 0.15) is 0 Å². The summed E-state index contributed by atoms with van der Waals surface area (Å²) in [6.45, 7) is 12.3. The minimum absolute atomic E-state index is 0.798. The van der Waals surface area contributed by atoms with Gasteiger partial charge in [-0.15, -0.1) is 6.58 Å². The van der Waals surface area contributed by atoms with E-state index in [1.165, 1.54) is 0 Å². The van der Waals surface area contributed by atoms with Gasteiger partial charge in [0.15, 0.2) is 0 Å². The van der Waals surface area contributed by atoms with E-state index in [0.29, 0.717) is 0 Å². The molecular weight excluding hydrogens is 136 g/mol. The van der Waals surface area contributed by atoms with E-state index in [4.69, 9.17) is 0 Å². The quantitative estimate of drug-likeness (QED) is 0.426. The molecule has 0 aliphatic carbocycles. The molecule has 0 fully saturated rings. The van der Waals surface area contributed by atoms with Crippen LogP contribution in [0.5, 0.6) is 0 Å². The van der Waals surface area contributed by atoms with E-state index in [1.54, 1.807) is 0 Å². The molecule has 0 aromatic heterocycles. The van der Waals surface area contributed by atoms with Crippen LogP contribution in [0, 0.1) is 0 Å². The Bertz CT molecular complexity index is 119. The Morgan fingerprint density at radius 2 is 2.27 bits per heavy atom. The van der Waals surface area contributed by atoms with Crippen LogP contribution in [0.1, 0.15) is 13.3 Å².